The zero-order chi connectivity index (χ0) is 22.6. The summed E-state index contributed by atoms with van der Waals surface area (Å²) < 4.78 is 5.75. The van der Waals surface area contributed by atoms with Crippen LogP contribution in [0.3, 0.4) is 0 Å². The molecule has 1 aromatic heterocycles. The van der Waals surface area contributed by atoms with Gasteiger partial charge in [0.15, 0.2) is 0 Å². The van der Waals surface area contributed by atoms with Crippen LogP contribution in [0.15, 0.2) is 36.5 Å². The first-order chi connectivity index (χ1) is 16.2. The molecule has 0 bridgehead atoms. The molecule has 0 aliphatic heterocycles. The lowest BCUT2D eigenvalue weighted by atomic mass is 9.86. The molecule has 5 rings (SSSR count). The third-order valence-electron chi connectivity index (χ3n) is 7.72. The zero-order valence-electron chi connectivity index (χ0n) is 19.9. The highest BCUT2D eigenvalue weighted by atomic mass is 16.5. The van der Waals surface area contributed by atoms with Gasteiger partial charge in [-0.15, -0.1) is 0 Å². The van der Waals surface area contributed by atoms with Crippen molar-refractivity contribution in [2.24, 2.45) is 11.8 Å². The molecule has 5 heteroatoms. The van der Waals surface area contributed by atoms with E-state index in [1.165, 1.54) is 55.2 Å². The van der Waals surface area contributed by atoms with Crippen LogP contribution < -0.4 is 10.1 Å². The van der Waals surface area contributed by atoms with Crippen LogP contribution in [0.4, 0.5) is 0 Å². The van der Waals surface area contributed by atoms with E-state index in [9.17, 15) is 4.79 Å². The summed E-state index contributed by atoms with van der Waals surface area (Å²) in [5, 5.41) is 3.66. The van der Waals surface area contributed by atoms with E-state index in [1.807, 2.05) is 18.0 Å². The lowest BCUT2D eigenvalue weighted by Gasteiger charge is -2.32. The second-order valence-electron chi connectivity index (χ2n) is 10.3. The molecule has 1 heterocycles. The summed E-state index contributed by atoms with van der Waals surface area (Å²) in [6.07, 6.45) is 12.7. The van der Waals surface area contributed by atoms with Crippen molar-refractivity contribution in [1.82, 2.24) is 15.2 Å². The molecule has 176 valence electrons. The Morgan fingerprint density at radius 3 is 2.67 bits per heavy atom. The van der Waals surface area contributed by atoms with Gasteiger partial charge in [-0.2, -0.15) is 0 Å². The van der Waals surface area contributed by atoms with Gasteiger partial charge in [0, 0.05) is 19.6 Å². The number of amides is 1. The lowest BCUT2D eigenvalue weighted by molar-refractivity contribution is 0.0713. The first-order valence-electron chi connectivity index (χ1n) is 12.8. The van der Waals surface area contributed by atoms with Crippen LogP contribution in [-0.2, 0) is 19.4 Å². The highest BCUT2D eigenvalue weighted by Crippen LogP contribution is 2.30. The number of ether oxygens (including phenoxy) is 1. The second-order valence-corrected chi connectivity index (χ2v) is 10.3. The Bertz CT molecular complexity index is 948. The zero-order valence-corrected chi connectivity index (χ0v) is 19.9. The summed E-state index contributed by atoms with van der Waals surface area (Å²) in [7, 11) is 1.92. The predicted octanol–water partition coefficient (Wildman–Crippen LogP) is 4.78. The van der Waals surface area contributed by atoms with E-state index >= 15 is 0 Å². The third kappa shape index (κ3) is 5.75. The Balaban J connectivity index is 1.13. The fourth-order valence-corrected chi connectivity index (χ4v) is 5.30. The highest BCUT2D eigenvalue weighted by molar-refractivity contribution is 5.92. The highest BCUT2D eigenvalue weighted by Gasteiger charge is 2.27. The van der Waals surface area contributed by atoms with Crippen LogP contribution in [0, 0.1) is 11.8 Å². The van der Waals surface area contributed by atoms with Crippen molar-refractivity contribution in [3.05, 3.63) is 58.9 Å². The third-order valence-corrected chi connectivity index (χ3v) is 7.72. The minimum Gasteiger partial charge on any atom is -0.492 e. The van der Waals surface area contributed by atoms with Crippen LogP contribution in [0.2, 0.25) is 0 Å². The number of fused-ring (bicyclic) bond motifs is 1. The van der Waals surface area contributed by atoms with Crippen LogP contribution in [-0.4, -0.2) is 42.0 Å². The molecule has 3 aliphatic carbocycles. The first-order valence-corrected chi connectivity index (χ1v) is 12.8. The molecule has 2 fully saturated rings. The molecule has 1 aromatic carbocycles. The quantitative estimate of drug-likeness (QED) is 0.601. The Kier molecular flexibility index (Phi) is 6.96. The van der Waals surface area contributed by atoms with E-state index in [4.69, 9.17) is 4.74 Å². The molecule has 2 saturated carbocycles. The number of rotatable bonds is 9. The van der Waals surface area contributed by atoms with Crippen molar-refractivity contribution < 1.29 is 9.53 Å². The number of nitrogens with one attached hydrogen (secondary N) is 1. The number of hydrogen-bond donors (Lipinski definition) is 1. The number of hydrogen-bond acceptors (Lipinski definition) is 4. The molecule has 0 radical (unpaired) electrons. The van der Waals surface area contributed by atoms with Crippen molar-refractivity contribution in [3.63, 3.8) is 0 Å². The molecule has 2 aromatic rings. The van der Waals surface area contributed by atoms with E-state index in [1.54, 1.807) is 12.3 Å². The molecule has 0 spiro atoms. The van der Waals surface area contributed by atoms with E-state index in [0.29, 0.717) is 11.6 Å². The average Bonchev–Trinajstić information content (AvgIpc) is 3.55. The molecule has 3 aliphatic rings. The second kappa shape index (κ2) is 10.3. The van der Waals surface area contributed by atoms with Gasteiger partial charge >= 0.3 is 0 Å². The Labute approximate surface area is 197 Å². The first kappa shape index (κ1) is 22.4. The average molecular weight is 448 g/mol. The summed E-state index contributed by atoms with van der Waals surface area (Å²) in [5.41, 5.74) is 4.69. The topological polar surface area (TPSA) is 54.5 Å². The molecule has 0 saturated heterocycles. The molecule has 5 nitrogen and oxygen atoms in total. The van der Waals surface area contributed by atoms with E-state index in [0.717, 1.165) is 50.6 Å². The summed E-state index contributed by atoms with van der Waals surface area (Å²) in [5.74, 6) is 2.32. The van der Waals surface area contributed by atoms with E-state index in [2.05, 4.69) is 28.5 Å². The smallest absolute Gasteiger partial charge is 0.272 e. The molecule has 1 atom stereocenters. The molecular weight excluding hydrogens is 410 g/mol. The molecule has 1 unspecified atom stereocenters. The van der Waals surface area contributed by atoms with Gasteiger partial charge < -0.3 is 15.0 Å². The summed E-state index contributed by atoms with van der Waals surface area (Å²) in [6.45, 7) is 2.86. The van der Waals surface area contributed by atoms with Crippen molar-refractivity contribution in [1.29, 1.82) is 0 Å². The monoisotopic (exact) mass is 447 g/mol. The van der Waals surface area contributed by atoms with Gasteiger partial charge in [-0.3, -0.25) is 4.79 Å². The molecule has 1 N–H and O–H groups in total. The van der Waals surface area contributed by atoms with Gasteiger partial charge in [-0.1, -0.05) is 31.0 Å². The summed E-state index contributed by atoms with van der Waals surface area (Å²) >= 11 is 0. The summed E-state index contributed by atoms with van der Waals surface area (Å²) in [4.78, 5) is 19.3. The Morgan fingerprint density at radius 2 is 1.91 bits per heavy atom. The van der Waals surface area contributed by atoms with Crippen molar-refractivity contribution in [3.8, 4) is 5.75 Å². The van der Waals surface area contributed by atoms with Gasteiger partial charge in [0.05, 0.1) is 12.8 Å². The van der Waals surface area contributed by atoms with Gasteiger partial charge in [0.25, 0.3) is 5.91 Å². The number of benzene rings is 1. The Hall–Kier alpha value is -2.40. The fourth-order valence-electron chi connectivity index (χ4n) is 5.30. The van der Waals surface area contributed by atoms with Crippen LogP contribution >= 0.6 is 0 Å². The lowest BCUT2D eigenvalue weighted by Crippen LogP contribution is -2.41. The largest absolute Gasteiger partial charge is 0.492 e. The van der Waals surface area contributed by atoms with Crippen molar-refractivity contribution >= 4 is 5.91 Å². The predicted molar refractivity (Wildman–Crippen MR) is 130 cm³/mol. The molecular formula is C28H37N3O2. The van der Waals surface area contributed by atoms with Crippen LogP contribution in [0.1, 0.15) is 72.1 Å². The van der Waals surface area contributed by atoms with Gasteiger partial charge in [-0.05, 0) is 92.1 Å². The SMILES string of the molecule is CN(C(=O)c1ccc(OCC2CC2)cn1)C1CCc2cc(CNCC3CCCC3)ccc2C1. The standard InChI is InChI=1S/C28H37N3O2/c1-31(28(32)27-13-12-26(18-30-27)33-19-21-6-7-21)25-11-10-23-14-22(8-9-24(23)15-25)17-29-16-20-4-2-3-5-20/h8-9,12-14,18,20-21,25,29H,2-7,10-11,15-17,19H2,1H3. The number of nitrogens with zero attached hydrogens (tertiary/aromatic N) is 2. The van der Waals surface area contributed by atoms with Crippen molar-refractivity contribution in [2.75, 3.05) is 20.2 Å². The van der Waals surface area contributed by atoms with Crippen LogP contribution in [0.25, 0.3) is 0 Å². The molecule has 33 heavy (non-hydrogen) atoms. The number of carbonyl (C=O) groups is 1. The number of aromatic nitrogens is 1. The van der Waals surface area contributed by atoms with Crippen molar-refractivity contribution in [2.45, 2.75) is 70.4 Å². The molecule has 1 amide bonds. The number of aryl methyl sites for hydroxylation is 1. The number of likely N-dealkylation sites (N-methyl/N-ethyl adjacent to an activating group) is 1. The van der Waals surface area contributed by atoms with E-state index < -0.39 is 0 Å². The number of pyridine rings is 1. The maximum Gasteiger partial charge on any atom is 0.272 e. The fraction of sp³-hybridized carbons (Fsp3) is 0.571. The minimum atomic E-state index is -0.00933. The summed E-state index contributed by atoms with van der Waals surface area (Å²) in [6, 6.07) is 10.8. The van der Waals surface area contributed by atoms with Crippen LogP contribution in [0.5, 0.6) is 5.75 Å². The normalized spacial score (nSPS) is 20.5. The van der Waals surface area contributed by atoms with E-state index in [-0.39, 0.29) is 11.9 Å². The number of carbonyl (C=O) groups excluding carboxylic acids is 1. The van der Waals surface area contributed by atoms with Gasteiger partial charge in [0.1, 0.15) is 11.4 Å². The van der Waals surface area contributed by atoms with Gasteiger partial charge in [0.2, 0.25) is 0 Å². The van der Waals surface area contributed by atoms with Gasteiger partial charge in [-0.25, -0.2) is 4.98 Å². The minimum absolute atomic E-state index is 0.00933. The maximum atomic E-state index is 13.0. The maximum absolute atomic E-state index is 13.0. The Morgan fingerprint density at radius 1 is 1.06 bits per heavy atom.